The van der Waals surface area contributed by atoms with E-state index in [4.69, 9.17) is 27.9 Å². The molecule has 0 amide bonds. The topological polar surface area (TPSA) is 29.5 Å². The number of fused-ring (bicyclic) bond motifs is 1. The predicted molar refractivity (Wildman–Crippen MR) is 83.5 cm³/mol. The van der Waals surface area contributed by atoms with Crippen LogP contribution in [0.15, 0.2) is 40.9 Å². The lowest BCUT2D eigenvalue weighted by molar-refractivity contribution is 0.0658. The van der Waals surface area contributed by atoms with E-state index in [1.54, 1.807) is 18.2 Å². The molecule has 0 radical (unpaired) electrons. The Labute approximate surface area is 135 Å². The molecule has 104 valence electrons. The van der Waals surface area contributed by atoms with Crippen molar-refractivity contribution in [3.8, 4) is 5.75 Å². The fraction of sp³-hybridized carbons (Fsp3) is 0.200. The first kappa shape index (κ1) is 14.2. The van der Waals surface area contributed by atoms with Crippen molar-refractivity contribution >= 4 is 39.1 Å². The lowest BCUT2D eigenvalue weighted by Gasteiger charge is -2.31. The van der Waals surface area contributed by atoms with Crippen LogP contribution in [0.2, 0.25) is 10.0 Å². The highest BCUT2D eigenvalue weighted by molar-refractivity contribution is 9.10. The van der Waals surface area contributed by atoms with Gasteiger partial charge in [-0.3, -0.25) is 0 Å². The SMILES string of the molecule is O[C@@H]1CC(c2c(Cl)cccc2Cl)Oc2cc(Br)ccc21. The second-order valence-electron chi connectivity index (χ2n) is 4.68. The van der Waals surface area contributed by atoms with Gasteiger partial charge in [0.2, 0.25) is 0 Å². The minimum atomic E-state index is -0.593. The number of rotatable bonds is 1. The summed E-state index contributed by atoms with van der Waals surface area (Å²) >= 11 is 15.8. The van der Waals surface area contributed by atoms with Gasteiger partial charge in [-0.05, 0) is 24.3 Å². The van der Waals surface area contributed by atoms with Crippen LogP contribution in [-0.2, 0) is 0 Å². The van der Waals surface area contributed by atoms with E-state index in [1.807, 2.05) is 18.2 Å². The summed E-state index contributed by atoms with van der Waals surface area (Å²) in [4.78, 5) is 0. The largest absolute Gasteiger partial charge is 0.485 e. The molecule has 0 aliphatic carbocycles. The van der Waals surface area contributed by atoms with Crippen LogP contribution in [0.5, 0.6) is 5.75 Å². The van der Waals surface area contributed by atoms with Gasteiger partial charge in [0, 0.05) is 32.1 Å². The zero-order chi connectivity index (χ0) is 14.3. The van der Waals surface area contributed by atoms with Crippen LogP contribution >= 0.6 is 39.1 Å². The average Bonchev–Trinajstić information content (AvgIpc) is 2.38. The lowest BCUT2D eigenvalue weighted by Crippen LogP contribution is -2.19. The molecule has 1 heterocycles. The number of halogens is 3. The summed E-state index contributed by atoms with van der Waals surface area (Å²) < 4.78 is 6.87. The summed E-state index contributed by atoms with van der Waals surface area (Å²) in [5, 5.41) is 11.4. The van der Waals surface area contributed by atoms with Crippen molar-refractivity contribution in [2.75, 3.05) is 0 Å². The molecular formula is C15H11BrCl2O2. The Morgan fingerprint density at radius 3 is 2.55 bits per heavy atom. The number of ether oxygens (including phenoxy) is 1. The maximum atomic E-state index is 10.3. The van der Waals surface area contributed by atoms with E-state index in [0.717, 1.165) is 15.6 Å². The second kappa shape index (κ2) is 5.57. The van der Waals surface area contributed by atoms with E-state index >= 15 is 0 Å². The van der Waals surface area contributed by atoms with Gasteiger partial charge < -0.3 is 9.84 Å². The standard InChI is InChI=1S/C15H11BrCl2O2/c16-8-4-5-9-12(19)7-14(20-13(9)6-8)15-10(17)2-1-3-11(15)18/h1-6,12,14,19H,7H2/t12-,14?/m1/s1. The molecule has 2 atom stereocenters. The van der Waals surface area contributed by atoms with Gasteiger partial charge in [-0.15, -0.1) is 0 Å². The van der Waals surface area contributed by atoms with Crippen LogP contribution in [0, 0.1) is 0 Å². The molecule has 0 bridgehead atoms. The van der Waals surface area contributed by atoms with Crippen molar-refractivity contribution < 1.29 is 9.84 Å². The summed E-state index contributed by atoms with van der Waals surface area (Å²) in [6.07, 6.45) is -0.518. The first-order chi connectivity index (χ1) is 9.56. The molecular weight excluding hydrogens is 363 g/mol. The number of hydrogen-bond donors (Lipinski definition) is 1. The quantitative estimate of drug-likeness (QED) is 0.733. The van der Waals surface area contributed by atoms with E-state index in [2.05, 4.69) is 15.9 Å². The third-order valence-corrected chi connectivity index (χ3v) is 4.52. The highest BCUT2D eigenvalue weighted by Gasteiger charge is 2.30. The van der Waals surface area contributed by atoms with E-state index in [0.29, 0.717) is 22.2 Å². The second-order valence-corrected chi connectivity index (χ2v) is 6.41. The minimum Gasteiger partial charge on any atom is -0.485 e. The van der Waals surface area contributed by atoms with E-state index in [9.17, 15) is 5.11 Å². The molecule has 0 aromatic heterocycles. The first-order valence-electron chi connectivity index (χ1n) is 6.14. The van der Waals surface area contributed by atoms with E-state index in [1.165, 1.54) is 0 Å². The summed E-state index contributed by atoms with van der Waals surface area (Å²) in [7, 11) is 0. The highest BCUT2D eigenvalue weighted by atomic mass is 79.9. The Morgan fingerprint density at radius 1 is 1.15 bits per heavy atom. The molecule has 20 heavy (non-hydrogen) atoms. The first-order valence-corrected chi connectivity index (χ1v) is 7.69. The van der Waals surface area contributed by atoms with Crippen LogP contribution in [0.4, 0.5) is 0 Å². The van der Waals surface area contributed by atoms with Gasteiger partial charge in [0.1, 0.15) is 11.9 Å². The number of hydrogen-bond acceptors (Lipinski definition) is 2. The molecule has 2 nitrogen and oxygen atoms in total. The van der Waals surface area contributed by atoms with Crippen molar-refractivity contribution in [2.45, 2.75) is 18.6 Å². The minimum absolute atomic E-state index is 0.354. The molecule has 3 rings (SSSR count). The summed E-state index contributed by atoms with van der Waals surface area (Å²) in [5.74, 6) is 0.652. The molecule has 2 aromatic rings. The van der Waals surface area contributed by atoms with Crippen molar-refractivity contribution in [1.29, 1.82) is 0 Å². The maximum absolute atomic E-state index is 10.3. The molecule has 0 saturated heterocycles. The Kier molecular flexibility index (Phi) is 3.95. The smallest absolute Gasteiger partial charge is 0.129 e. The highest BCUT2D eigenvalue weighted by Crippen LogP contribution is 2.45. The van der Waals surface area contributed by atoms with Crippen molar-refractivity contribution in [1.82, 2.24) is 0 Å². The van der Waals surface area contributed by atoms with Crippen LogP contribution in [0.3, 0.4) is 0 Å². The summed E-state index contributed by atoms with van der Waals surface area (Å²) in [5.41, 5.74) is 1.51. The van der Waals surface area contributed by atoms with Crippen LogP contribution in [-0.4, -0.2) is 5.11 Å². The molecule has 1 N–H and O–H groups in total. The molecule has 5 heteroatoms. The summed E-state index contributed by atoms with van der Waals surface area (Å²) in [6, 6.07) is 10.9. The Morgan fingerprint density at radius 2 is 1.85 bits per heavy atom. The van der Waals surface area contributed by atoms with Crippen molar-refractivity contribution in [3.05, 3.63) is 62.0 Å². The normalized spacial score (nSPS) is 21.2. The third-order valence-electron chi connectivity index (χ3n) is 3.36. The fourth-order valence-corrected chi connectivity index (χ4v) is 3.39. The van der Waals surface area contributed by atoms with Gasteiger partial charge >= 0.3 is 0 Å². The van der Waals surface area contributed by atoms with Gasteiger partial charge in [0.15, 0.2) is 0 Å². The third kappa shape index (κ3) is 2.56. The van der Waals surface area contributed by atoms with E-state index in [-0.39, 0.29) is 6.10 Å². The maximum Gasteiger partial charge on any atom is 0.129 e. The van der Waals surface area contributed by atoms with Crippen LogP contribution in [0.1, 0.15) is 29.8 Å². The Bertz CT molecular complexity index is 640. The zero-order valence-electron chi connectivity index (χ0n) is 10.3. The number of aliphatic hydroxyl groups is 1. The molecule has 1 aliphatic rings. The zero-order valence-corrected chi connectivity index (χ0v) is 13.4. The fourth-order valence-electron chi connectivity index (χ4n) is 2.41. The van der Waals surface area contributed by atoms with Gasteiger partial charge in [0.05, 0.1) is 6.10 Å². The number of benzene rings is 2. The molecule has 0 saturated carbocycles. The lowest BCUT2D eigenvalue weighted by atomic mass is 9.95. The molecule has 1 aliphatic heterocycles. The Hall–Kier alpha value is -0.740. The number of aliphatic hydroxyl groups excluding tert-OH is 1. The van der Waals surface area contributed by atoms with Gasteiger partial charge in [-0.1, -0.05) is 51.3 Å². The van der Waals surface area contributed by atoms with Gasteiger partial charge in [0.25, 0.3) is 0 Å². The van der Waals surface area contributed by atoms with Gasteiger partial charge in [-0.25, -0.2) is 0 Å². The van der Waals surface area contributed by atoms with Crippen molar-refractivity contribution in [3.63, 3.8) is 0 Å². The van der Waals surface area contributed by atoms with Crippen molar-refractivity contribution in [2.24, 2.45) is 0 Å². The molecule has 1 unspecified atom stereocenters. The Balaban J connectivity index is 2.03. The van der Waals surface area contributed by atoms with Gasteiger partial charge in [-0.2, -0.15) is 0 Å². The van der Waals surface area contributed by atoms with Crippen LogP contribution in [0.25, 0.3) is 0 Å². The monoisotopic (exact) mass is 372 g/mol. The summed E-state index contributed by atoms with van der Waals surface area (Å²) in [6.45, 7) is 0. The van der Waals surface area contributed by atoms with Crippen LogP contribution < -0.4 is 4.74 Å². The molecule has 0 fully saturated rings. The van der Waals surface area contributed by atoms with E-state index < -0.39 is 6.10 Å². The predicted octanol–water partition coefficient (Wildman–Crippen LogP) is 5.31. The average molecular weight is 374 g/mol. The molecule has 2 aromatic carbocycles. The molecule has 0 spiro atoms.